The van der Waals surface area contributed by atoms with E-state index >= 15 is 0 Å². The summed E-state index contributed by atoms with van der Waals surface area (Å²) < 4.78 is 33.1. The highest BCUT2D eigenvalue weighted by molar-refractivity contribution is 7.91. The van der Waals surface area contributed by atoms with Gasteiger partial charge in [-0.3, -0.25) is 4.72 Å². The highest BCUT2D eigenvalue weighted by Gasteiger charge is 2.21. The summed E-state index contributed by atoms with van der Waals surface area (Å²) in [5.41, 5.74) is 1.16. The van der Waals surface area contributed by atoms with Gasteiger partial charge in [-0.25, -0.2) is 19.5 Å². The van der Waals surface area contributed by atoms with Crippen LogP contribution in [-0.4, -0.2) is 35.1 Å². The number of carbonyl (C=O) groups excluding carboxylic acids is 1. The number of amides is 1. The zero-order valence-electron chi connectivity index (χ0n) is 16.2. The molecule has 154 valence electrons. The molecule has 1 aromatic carbocycles. The van der Waals surface area contributed by atoms with Crippen molar-refractivity contribution in [2.75, 3.05) is 10.0 Å². The van der Waals surface area contributed by atoms with Crippen LogP contribution >= 0.6 is 0 Å². The lowest BCUT2D eigenvalue weighted by atomic mass is 10.2. The average molecular weight is 418 g/mol. The van der Waals surface area contributed by atoms with E-state index in [1.165, 1.54) is 6.33 Å². The molecule has 2 heterocycles. The van der Waals surface area contributed by atoms with Gasteiger partial charge in [0.05, 0.1) is 11.1 Å². The van der Waals surface area contributed by atoms with Crippen LogP contribution in [0.15, 0.2) is 42.9 Å². The van der Waals surface area contributed by atoms with E-state index < -0.39 is 21.9 Å². The summed E-state index contributed by atoms with van der Waals surface area (Å²) in [6.45, 7) is 5.41. The Labute approximate surface area is 168 Å². The molecular formula is C18H22N6O4S. The molecule has 3 rings (SSSR count). The molecule has 1 amide bonds. The predicted molar refractivity (Wildman–Crippen MR) is 110 cm³/mol. The summed E-state index contributed by atoms with van der Waals surface area (Å²) in [6.07, 6.45) is 2.21. The lowest BCUT2D eigenvalue weighted by Crippen LogP contribution is -2.39. The molecule has 0 bridgehead atoms. The van der Waals surface area contributed by atoms with Crippen LogP contribution in [0.1, 0.15) is 26.3 Å². The zero-order chi connectivity index (χ0) is 21.1. The van der Waals surface area contributed by atoms with Crippen LogP contribution in [0.3, 0.4) is 0 Å². The Balaban J connectivity index is 1.58. The van der Waals surface area contributed by atoms with Gasteiger partial charge in [-0.05, 0) is 44.5 Å². The Bertz CT molecular complexity index is 1100. The molecule has 0 aliphatic carbocycles. The predicted octanol–water partition coefficient (Wildman–Crippen LogP) is 2.75. The van der Waals surface area contributed by atoms with Gasteiger partial charge in [0.25, 0.3) is 0 Å². The molecule has 3 aromatic rings. The smallest absolute Gasteiger partial charge is 0.422 e. The number of H-pyrrole nitrogens is 1. The first-order valence-electron chi connectivity index (χ1n) is 8.76. The average Bonchev–Trinajstić information content (AvgIpc) is 3.07. The first-order valence-corrected chi connectivity index (χ1v) is 10.2. The van der Waals surface area contributed by atoms with Gasteiger partial charge in [0.2, 0.25) is 0 Å². The molecule has 0 unspecified atom stereocenters. The number of carbonyl (C=O) groups is 1. The summed E-state index contributed by atoms with van der Waals surface area (Å²) >= 11 is 0. The van der Waals surface area contributed by atoms with Gasteiger partial charge >= 0.3 is 16.3 Å². The molecule has 10 nitrogen and oxygen atoms in total. The van der Waals surface area contributed by atoms with Crippen LogP contribution in [-0.2, 0) is 21.5 Å². The maximum Gasteiger partial charge on any atom is 0.422 e. The molecule has 2 aromatic heterocycles. The van der Waals surface area contributed by atoms with Crippen molar-refractivity contribution in [3.05, 3.63) is 48.4 Å². The lowest BCUT2D eigenvalue weighted by Gasteiger charge is -2.19. The zero-order valence-corrected chi connectivity index (χ0v) is 17.0. The van der Waals surface area contributed by atoms with E-state index in [2.05, 4.69) is 25.0 Å². The lowest BCUT2D eigenvalue weighted by molar-refractivity contribution is 0.0570. The summed E-state index contributed by atoms with van der Waals surface area (Å²) in [4.78, 5) is 23.0. The van der Waals surface area contributed by atoms with Crippen molar-refractivity contribution in [1.82, 2.24) is 19.7 Å². The van der Waals surface area contributed by atoms with Crippen LogP contribution in [0.5, 0.6) is 0 Å². The van der Waals surface area contributed by atoms with Crippen molar-refractivity contribution < 1.29 is 17.9 Å². The summed E-state index contributed by atoms with van der Waals surface area (Å²) in [7, 11) is -4.10. The maximum atomic E-state index is 12.0. The fourth-order valence-electron chi connectivity index (χ4n) is 2.48. The van der Waals surface area contributed by atoms with Gasteiger partial charge in [-0.15, -0.1) is 0 Å². The third kappa shape index (κ3) is 5.82. The second-order valence-electron chi connectivity index (χ2n) is 7.22. The minimum absolute atomic E-state index is 0.305. The molecule has 0 aliphatic rings. The number of rotatable bonds is 6. The molecule has 0 saturated carbocycles. The number of benzene rings is 1. The van der Waals surface area contributed by atoms with E-state index in [4.69, 9.17) is 4.74 Å². The number of nitrogens with one attached hydrogen (secondary N) is 4. The molecule has 0 fully saturated rings. The number of anilines is 2. The highest BCUT2D eigenvalue weighted by Crippen LogP contribution is 2.19. The minimum atomic E-state index is -4.10. The molecule has 0 radical (unpaired) electrons. The van der Waals surface area contributed by atoms with Gasteiger partial charge in [0.15, 0.2) is 0 Å². The number of hydrogen-bond donors (Lipinski definition) is 4. The fraction of sp³-hybridized carbons (Fsp3) is 0.278. The number of aromatic amines is 1. The van der Waals surface area contributed by atoms with E-state index in [9.17, 15) is 13.2 Å². The molecule has 0 aliphatic heterocycles. The Hall–Kier alpha value is -3.34. The Morgan fingerprint density at radius 2 is 1.86 bits per heavy atom. The van der Waals surface area contributed by atoms with Crippen LogP contribution in [0.2, 0.25) is 0 Å². The fourth-order valence-corrected chi connectivity index (χ4v) is 3.24. The summed E-state index contributed by atoms with van der Waals surface area (Å²) in [5.74, 6) is 0.697. The highest BCUT2D eigenvalue weighted by atomic mass is 32.2. The van der Waals surface area contributed by atoms with E-state index in [0.29, 0.717) is 18.1 Å². The second kappa shape index (κ2) is 7.95. The molecule has 0 atom stereocenters. The van der Waals surface area contributed by atoms with Crippen molar-refractivity contribution in [3.63, 3.8) is 0 Å². The van der Waals surface area contributed by atoms with Gasteiger partial charge in [-0.1, -0.05) is 12.1 Å². The number of nitrogens with zero attached hydrogens (tertiary/aromatic N) is 2. The van der Waals surface area contributed by atoms with Crippen LogP contribution in [0.4, 0.5) is 16.3 Å². The molecule has 0 spiro atoms. The standard InChI is InChI=1S/C18H22N6O4S/c1-18(2,3)28-17(25)24-29(26,27)23-13-6-4-12(5-7-13)10-20-16-14-8-9-19-15(14)21-11-22-16/h4-9,11,23H,10H2,1-3H3,(H,24,25)(H2,19,20,21,22). The Morgan fingerprint density at radius 3 is 2.55 bits per heavy atom. The van der Waals surface area contributed by atoms with Gasteiger partial charge in [0.1, 0.15) is 23.4 Å². The number of hydrogen-bond acceptors (Lipinski definition) is 7. The van der Waals surface area contributed by atoms with Gasteiger partial charge in [-0.2, -0.15) is 8.42 Å². The molecule has 29 heavy (non-hydrogen) atoms. The van der Waals surface area contributed by atoms with Crippen molar-refractivity contribution in [2.45, 2.75) is 32.9 Å². The Kier molecular flexibility index (Phi) is 5.59. The molecule has 4 N–H and O–H groups in total. The maximum absolute atomic E-state index is 12.0. The van der Waals surface area contributed by atoms with E-state index in [1.54, 1.807) is 51.2 Å². The molecule has 0 saturated heterocycles. The molecule has 11 heteroatoms. The Morgan fingerprint density at radius 1 is 1.14 bits per heavy atom. The topological polar surface area (TPSA) is 138 Å². The SMILES string of the molecule is CC(C)(C)OC(=O)NS(=O)(=O)Nc1ccc(CNc2ncnc3[nH]ccc23)cc1. The first kappa shape index (κ1) is 20.4. The van der Waals surface area contributed by atoms with Gasteiger partial charge < -0.3 is 15.0 Å². The first-order chi connectivity index (χ1) is 13.6. The van der Waals surface area contributed by atoms with Crippen LogP contribution < -0.4 is 14.8 Å². The second-order valence-corrected chi connectivity index (χ2v) is 8.64. The van der Waals surface area contributed by atoms with Crippen molar-refractivity contribution in [2.24, 2.45) is 0 Å². The van der Waals surface area contributed by atoms with Crippen molar-refractivity contribution in [1.29, 1.82) is 0 Å². The van der Waals surface area contributed by atoms with Crippen LogP contribution in [0.25, 0.3) is 11.0 Å². The normalized spacial score (nSPS) is 11.8. The third-order valence-electron chi connectivity index (χ3n) is 3.64. The van der Waals surface area contributed by atoms with Crippen molar-refractivity contribution in [3.8, 4) is 0 Å². The number of aromatic nitrogens is 3. The van der Waals surface area contributed by atoms with E-state index in [0.717, 1.165) is 16.6 Å². The summed E-state index contributed by atoms with van der Waals surface area (Å²) in [6, 6.07) is 8.59. The minimum Gasteiger partial charge on any atom is -0.443 e. The summed E-state index contributed by atoms with van der Waals surface area (Å²) in [5, 5.41) is 4.10. The van der Waals surface area contributed by atoms with E-state index in [-0.39, 0.29) is 0 Å². The molecular weight excluding hydrogens is 396 g/mol. The van der Waals surface area contributed by atoms with Gasteiger partial charge in [0, 0.05) is 12.7 Å². The largest absolute Gasteiger partial charge is 0.443 e. The van der Waals surface area contributed by atoms with Crippen molar-refractivity contribution >= 4 is 38.8 Å². The quantitative estimate of drug-likeness (QED) is 0.483. The number of ether oxygens (including phenoxy) is 1. The van der Waals surface area contributed by atoms with Crippen LogP contribution in [0, 0.1) is 0 Å². The third-order valence-corrected chi connectivity index (χ3v) is 4.58. The van der Waals surface area contributed by atoms with E-state index in [1.807, 2.05) is 10.8 Å². The monoisotopic (exact) mass is 418 g/mol. The number of fused-ring (bicyclic) bond motifs is 1.